The van der Waals surface area contributed by atoms with Gasteiger partial charge in [-0.1, -0.05) is 30.3 Å². The number of fused-ring (bicyclic) bond motifs is 1. The average molecular weight is 298 g/mol. The third kappa shape index (κ3) is 3.51. The van der Waals surface area contributed by atoms with E-state index in [2.05, 4.69) is 4.74 Å². The summed E-state index contributed by atoms with van der Waals surface area (Å²) in [6.07, 6.45) is 0.343. The Morgan fingerprint density at radius 2 is 1.45 bits per heavy atom. The molecule has 0 spiro atoms. The number of hydrogen-bond donors (Lipinski definition) is 0. The average Bonchev–Trinajstić information content (AvgIpc) is 3.34. The van der Waals surface area contributed by atoms with Gasteiger partial charge < -0.3 is 14.2 Å². The van der Waals surface area contributed by atoms with Crippen molar-refractivity contribution in [2.24, 2.45) is 0 Å². The van der Waals surface area contributed by atoms with Gasteiger partial charge in [-0.3, -0.25) is 0 Å². The maximum atomic E-state index is 10.8. The van der Waals surface area contributed by atoms with E-state index in [1.165, 1.54) is 0 Å². The topological polar surface area (TPSA) is 65.1 Å². The number of rotatable bonds is 3. The fraction of sp³-hybridized carbons (Fsp3) is 0.176. The van der Waals surface area contributed by atoms with E-state index in [0.29, 0.717) is 23.8 Å². The molecule has 1 unspecified atom stereocenters. The quantitative estimate of drug-likeness (QED) is 0.495. The fourth-order valence-electron chi connectivity index (χ4n) is 1.90. The molecule has 1 saturated heterocycles. The zero-order valence-corrected chi connectivity index (χ0v) is 11.7. The van der Waals surface area contributed by atoms with Crippen LogP contribution in [0.2, 0.25) is 0 Å². The lowest BCUT2D eigenvalue weighted by Gasteiger charge is -2.01. The lowest BCUT2D eigenvalue weighted by Crippen LogP contribution is -2.03. The molecule has 2 aliphatic heterocycles. The monoisotopic (exact) mass is 298 g/mol. The third-order valence-electron chi connectivity index (χ3n) is 3.13. The van der Waals surface area contributed by atoms with Crippen molar-refractivity contribution in [3.8, 4) is 5.75 Å². The molecule has 0 amide bonds. The molecule has 0 aromatic heterocycles. The number of carbonyl (C=O) groups excluding carboxylic acids is 2. The van der Waals surface area contributed by atoms with Crippen LogP contribution in [0.15, 0.2) is 54.6 Å². The van der Waals surface area contributed by atoms with Gasteiger partial charge >= 0.3 is 11.9 Å². The molecule has 0 aliphatic carbocycles. The summed E-state index contributed by atoms with van der Waals surface area (Å²) in [7, 11) is 0. The van der Waals surface area contributed by atoms with Crippen LogP contribution >= 0.6 is 0 Å². The zero-order valence-electron chi connectivity index (χ0n) is 11.7. The predicted molar refractivity (Wildman–Crippen MR) is 77.9 cm³/mol. The number of ether oxygens (including phenoxy) is 3. The second-order valence-electron chi connectivity index (χ2n) is 4.80. The normalized spacial score (nSPS) is 17.9. The Labute approximate surface area is 127 Å². The Morgan fingerprint density at radius 3 is 2.00 bits per heavy atom. The summed E-state index contributed by atoms with van der Waals surface area (Å²) in [4.78, 5) is 21.7. The molecule has 4 rings (SSSR count). The molecule has 5 nitrogen and oxygen atoms in total. The molecule has 0 radical (unpaired) electrons. The predicted octanol–water partition coefficient (Wildman–Crippen LogP) is 2.46. The van der Waals surface area contributed by atoms with E-state index < -0.39 is 11.9 Å². The summed E-state index contributed by atoms with van der Waals surface area (Å²) < 4.78 is 14.8. The number of epoxide rings is 1. The summed E-state index contributed by atoms with van der Waals surface area (Å²) in [6.45, 7) is 1.54. The molecule has 1 atom stereocenters. The molecule has 1 fully saturated rings. The standard InChI is InChI=1S/C9H10O2.C8H4O3/c1-2-4-8(5-3-1)10-6-9-7-11-9;9-7-5-3-1-2-4-6(5)8(10)11-7/h1-5,9H,6-7H2;1-4H. The lowest BCUT2D eigenvalue weighted by molar-refractivity contribution is 0.0444. The molecule has 0 N–H and O–H groups in total. The summed E-state index contributed by atoms with van der Waals surface area (Å²) in [5, 5.41) is 0. The van der Waals surface area contributed by atoms with Gasteiger partial charge in [0.1, 0.15) is 18.5 Å². The van der Waals surface area contributed by atoms with Gasteiger partial charge in [0.15, 0.2) is 0 Å². The summed E-state index contributed by atoms with van der Waals surface area (Å²) in [5.74, 6) is -0.181. The smallest absolute Gasteiger partial charge is 0.346 e. The zero-order chi connectivity index (χ0) is 15.4. The van der Waals surface area contributed by atoms with E-state index in [0.717, 1.165) is 12.4 Å². The number of esters is 2. The van der Waals surface area contributed by atoms with E-state index in [-0.39, 0.29) is 0 Å². The maximum absolute atomic E-state index is 10.8. The van der Waals surface area contributed by atoms with Gasteiger partial charge in [-0.15, -0.1) is 0 Å². The molecule has 0 saturated carbocycles. The van der Waals surface area contributed by atoms with Gasteiger partial charge in [-0.25, -0.2) is 9.59 Å². The van der Waals surface area contributed by atoms with Crippen molar-refractivity contribution in [3.05, 3.63) is 65.7 Å². The van der Waals surface area contributed by atoms with E-state index in [1.54, 1.807) is 24.3 Å². The first-order valence-corrected chi connectivity index (χ1v) is 6.89. The first kappa shape index (κ1) is 14.3. The molecule has 2 aromatic rings. The largest absolute Gasteiger partial charge is 0.491 e. The first-order chi connectivity index (χ1) is 10.7. The number of cyclic esters (lactones) is 2. The highest BCUT2D eigenvalue weighted by atomic mass is 16.6. The van der Waals surface area contributed by atoms with E-state index in [4.69, 9.17) is 9.47 Å². The van der Waals surface area contributed by atoms with Crippen LogP contribution in [0.25, 0.3) is 0 Å². The molecule has 2 aliphatic rings. The van der Waals surface area contributed by atoms with Crippen LogP contribution in [0.5, 0.6) is 5.75 Å². The Morgan fingerprint density at radius 1 is 0.909 bits per heavy atom. The van der Waals surface area contributed by atoms with Crippen LogP contribution in [0.3, 0.4) is 0 Å². The molecule has 5 heteroatoms. The molecule has 2 heterocycles. The fourth-order valence-corrected chi connectivity index (χ4v) is 1.90. The van der Waals surface area contributed by atoms with Crippen molar-refractivity contribution in [2.75, 3.05) is 13.2 Å². The van der Waals surface area contributed by atoms with Crippen molar-refractivity contribution in [3.63, 3.8) is 0 Å². The van der Waals surface area contributed by atoms with Crippen LogP contribution in [-0.2, 0) is 9.47 Å². The molecular weight excluding hydrogens is 284 g/mol. The van der Waals surface area contributed by atoms with Crippen molar-refractivity contribution in [1.29, 1.82) is 0 Å². The van der Waals surface area contributed by atoms with Crippen LogP contribution in [-0.4, -0.2) is 31.3 Å². The minimum atomic E-state index is -0.550. The highest BCUT2D eigenvalue weighted by Gasteiger charge is 2.28. The molecule has 112 valence electrons. The van der Waals surface area contributed by atoms with E-state index in [1.807, 2.05) is 30.3 Å². The first-order valence-electron chi connectivity index (χ1n) is 6.89. The minimum Gasteiger partial charge on any atom is -0.491 e. The number of benzene rings is 2. The van der Waals surface area contributed by atoms with Gasteiger partial charge in [0.05, 0.1) is 17.7 Å². The van der Waals surface area contributed by atoms with Crippen LogP contribution in [0.1, 0.15) is 20.7 Å². The second kappa shape index (κ2) is 6.41. The van der Waals surface area contributed by atoms with Crippen LogP contribution in [0.4, 0.5) is 0 Å². The van der Waals surface area contributed by atoms with Crippen LogP contribution in [0, 0.1) is 0 Å². The molecular formula is C17H14O5. The Kier molecular flexibility index (Phi) is 4.16. The van der Waals surface area contributed by atoms with Crippen molar-refractivity contribution < 1.29 is 23.8 Å². The van der Waals surface area contributed by atoms with Crippen molar-refractivity contribution >= 4 is 11.9 Å². The van der Waals surface area contributed by atoms with E-state index >= 15 is 0 Å². The Bertz CT molecular complexity index is 643. The third-order valence-corrected chi connectivity index (χ3v) is 3.13. The highest BCUT2D eigenvalue weighted by Crippen LogP contribution is 2.18. The van der Waals surface area contributed by atoms with Gasteiger partial charge in [-0.05, 0) is 24.3 Å². The molecule has 22 heavy (non-hydrogen) atoms. The number of hydrogen-bond acceptors (Lipinski definition) is 5. The lowest BCUT2D eigenvalue weighted by atomic mass is 10.1. The van der Waals surface area contributed by atoms with Gasteiger partial charge in [0.2, 0.25) is 0 Å². The van der Waals surface area contributed by atoms with Crippen molar-refractivity contribution in [1.82, 2.24) is 0 Å². The van der Waals surface area contributed by atoms with E-state index in [9.17, 15) is 9.59 Å². The minimum absolute atomic E-state index is 0.343. The Hall–Kier alpha value is -2.66. The van der Waals surface area contributed by atoms with Crippen LogP contribution < -0.4 is 4.74 Å². The summed E-state index contributed by atoms with van der Waals surface area (Å²) in [6, 6.07) is 16.3. The molecule has 2 aromatic carbocycles. The van der Waals surface area contributed by atoms with Gasteiger partial charge in [0.25, 0.3) is 0 Å². The second-order valence-corrected chi connectivity index (χ2v) is 4.80. The van der Waals surface area contributed by atoms with Gasteiger partial charge in [0, 0.05) is 0 Å². The number of para-hydroxylation sites is 1. The Balaban J connectivity index is 0.000000131. The van der Waals surface area contributed by atoms with Crippen molar-refractivity contribution in [2.45, 2.75) is 6.10 Å². The van der Waals surface area contributed by atoms with Gasteiger partial charge in [-0.2, -0.15) is 0 Å². The summed E-state index contributed by atoms with van der Waals surface area (Å²) in [5.41, 5.74) is 0.718. The highest BCUT2D eigenvalue weighted by molar-refractivity contribution is 6.14. The SMILES string of the molecule is O=C1OC(=O)c2ccccc21.c1ccc(OCC2CO2)cc1. The molecule has 0 bridgehead atoms. The number of carbonyl (C=O) groups is 2. The maximum Gasteiger partial charge on any atom is 0.346 e. The summed E-state index contributed by atoms with van der Waals surface area (Å²) >= 11 is 0.